The van der Waals surface area contributed by atoms with Gasteiger partial charge < -0.3 is 19.7 Å². The number of carbonyl (C=O) groups is 2. The molecule has 6 heteroatoms. The SMILES string of the molecule is COc1cc(NC(=O)C2CCCCN2C(=O)c2ccccc2)cc(OC)c1. The van der Waals surface area contributed by atoms with Crippen LogP contribution in [0.5, 0.6) is 11.5 Å². The van der Waals surface area contributed by atoms with Crippen LogP contribution in [0.1, 0.15) is 29.6 Å². The minimum Gasteiger partial charge on any atom is -0.497 e. The predicted octanol–water partition coefficient (Wildman–Crippen LogP) is 3.34. The molecule has 0 aliphatic carbocycles. The zero-order valence-electron chi connectivity index (χ0n) is 15.6. The van der Waals surface area contributed by atoms with E-state index < -0.39 is 6.04 Å². The molecule has 1 heterocycles. The van der Waals surface area contributed by atoms with Gasteiger partial charge in [0.1, 0.15) is 17.5 Å². The molecule has 0 bridgehead atoms. The molecule has 1 fully saturated rings. The van der Waals surface area contributed by atoms with Crippen LogP contribution in [0.4, 0.5) is 5.69 Å². The van der Waals surface area contributed by atoms with E-state index in [0.717, 1.165) is 12.8 Å². The fraction of sp³-hybridized carbons (Fsp3) is 0.333. The van der Waals surface area contributed by atoms with E-state index in [0.29, 0.717) is 35.7 Å². The Hall–Kier alpha value is -3.02. The maximum atomic E-state index is 12.9. The lowest BCUT2D eigenvalue weighted by Gasteiger charge is -2.34. The van der Waals surface area contributed by atoms with Gasteiger partial charge in [-0.3, -0.25) is 9.59 Å². The van der Waals surface area contributed by atoms with E-state index >= 15 is 0 Å². The van der Waals surface area contributed by atoms with Crippen LogP contribution in [-0.2, 0) is 4.79 Å². The van der Waals surface area contributed by atoms with Crippen LogP contribution in [0, 0.1) is 0 Å². The summed E-state index contributed by atoms with van der Waals surface area (Å²) in [6, 6.07) is 13.8. The van der Waals surface area contributed by atoms with E-state index in [2.05, 4.69) is 5.32 Å². The molecule has 2 aromatic rings. The number of hydrogen-bond donors (Lipinski definition) is 1. The van der Waals surface area contributed by atoms with Crippen molar-refractivity contribution in [2.75, 3.05) is 26.1 Å². The molecule has 0 aromatic heterocycles. The van der Waals surface area contributed by atoms with Crippen molar-refractivity contribution >= 4 is 17.5 Å². The lowest BCUT2D eigenvalue weighted by molar-refractivity contribution is -0.121. The van der Waals surface area contributed by atoms with Gasteiger partial charge in [-0.1, -0.05) is 18.2 Å². The van der Waals surface area contributed by atoms with E-state index in [1.807, 2.05) is 18.2 Å². The van der Waals surface area contributed by atoms with E-state index in [4.69, 9.17) is 9.47 Å². The molecule has 0 radical (unpaired) electrons. The maximum absolute atomic E-state index is 12.9. The highest BCUT2D eigenvalue weighted by atomic mass is 16.5. The third-order valence-electron chi connectivity index (χ3n) is 4.71. The van der Waals surface area contributed by atoms with Gasteiger partial charge in [0, 0.05) is 36.0 Å². The minimum atomic E-state index is -0.497. The summed E-state index contributed by atoms with van der Waals surface area (Å²) in [7, 11) is 3.11. The van der Waals surface area contributed by atoms with Crippen LogP contribution in [0.2, 0.25) is 0 Å². The van der Waals surface area contributed by atoms with E-state index in [9.17, 15) is 9.59 Å². The Morgan fingerprint density at radius 2 is 1.67 bits per heavy atom. The first kappa shape index (κ1) is 18.8. The highest BCUT2D eigenvalue weighted by molar-refractivity contribution is 6.01. The molecule has 0 spiro atoms. The summed E-state index contributed by atoms with van der Waals surface area (Å²) >= 11 is 0. The number of nitrogens with zero attached hydrogens (tertiary/aromatic N) is 1. The molecular formula is C21H24N2O4. The van der Waals surface area contributed by atoms with Gasteiger partial charge in [0.2, 0.25) is 5.91 Å². The number of nitrogens with one attached hydrogen (secondary N) is 1. The second-order valence-corrected chi connectivity index (χ2v) is 6.47. The zero-order valence-corrected chi connectivity index (χ0v) is 15.6. The number of anilines is 1. The Morgan fingerprint density at radius 1 is 1.00 bits per heavy atom. The number of hydrogen-bond acceptors (Lipinski definition) is 4. The number of benzene rings is 2. The molecule has 1 aliphatic rings. The monoisotopic (exact) mass is 368 g/mol. The third kappa shape index (κ3) is 4.39. The van der Waals surface area contributed by atoms with Crippen molar-refractivity contribution in [3.63, 3.8) is 0 Å². The van der Waals surface area contributed by atoms with Gasteiger partial charge >= 0.3 is 0 Å². The van der Waals surface area contributed by atoms with Gasteiger partial charge in [-0.2, -0.15) is 0 Å². The summed E-state index contributed by atoms with van der Waals surface area (Å²) in [4.78, 5) is 27.5. The largest absolute Gasteiger partial charge is 0.497 e. The second-order valence-electron chi connectivity index (χ2n) is 6.47. The Kier molecular flexibility index (Phi) is 5.96. The molecule has 0 saturated carbocycles. The van der Waals surface area contributed by atoms with Gasteiger partial charge in [0.05, 0.1) is 14.2 Å². The van der Waals surface area contributed by atoms with Crippen LogP contribution in [-0.4, -0.2) is 43.5 Å². The Morgan fingerprint density at radius 3 is 2.30 bits per heavy atom. The topological polar surface area (TPSA) is 67.9 Å². The summed E-state index contributed by atoms with van der Waals surface area (Å²) < 4.78 is 10.5. The average molecular weight is 368 g/mol. The molecular weight excluding hydrogens is 344 g/mol. The van der Waals surface area contributed by atoms with E-state index in [1.165, 1.54) is 0 Å². The quantitative estimate of drug-likeness (QED) is 0.879. The molecule has 6 nitrogen and oxygen atoms in total. The highest BCUT2D eigenvalue weighted by Gasteiger charge is 2.32. The van der Waals surface area contributed by atoms with Gasteiger partial charge in [0.25, 0.3) is 5.91 Å². The normalized spacial score (nSPS) is 16.5. The number of piperidine rings is 1. The smallest absolute Gasteiger partial charge is 0.254 e. The summed E-state index contributed by atoms with van der Waals surface area (Å²) in [5.41, 5.74) is 1.18. The molecule has 142 valence electrons. The molecule has 1 N–H and O–H groups in total. The number of rotatable bonds is 5. The van der Waals surface area contributed by atoms with E-state index in [-0.39, 0.29) is 11.8 Å². The predicted molar refractivity (Wildman–Crippen MR) is 103 cm³/mol. The van der Waals surface area contributed by atoms with Crippen LogP contribution in [0.3, 0.4) is 0 Å². The lowest BCUT2D eigenvalue weighted by Crippen LogP contribution is -2.50. The number of carbonyl (C=O) groups excluding carboxylic acids is 2. The van der Waals surface area contributed by atoms with Crippen molar-refractivity contribution in [3.05, 3.63) is 54.1 Å². The Labute approximate surface area is 159 Å². The van der Waals surface area contributed by atoms with Crippen LogP contribution >= 0.6 is 0 Å². The van der Waals surface area contributed by atoms with E-state index in [1.54, 1.807) is 49.5 Å². The van der Waals surface area contributed by atoms with Crippen LogP contribution in [0.25, 0.3) is 0 Å². The molecule has 1 aliphatic heterocycles. The summed E-state index contributed by atoms with van der Waals surface area (Å²) in [6.07, 6.45) is 2.46. The molecule has 3 rings (SSSR count). The molecule has 1 unspecified atom stereocenters. The third-order valence-corrected chi connectivity index (χ3v) is 4.71. The maximum Gasteiger partial charge on any atom is 0.254 e. The molecule has 2 amide bonds. The summed E-state index contributed by atoms with van der Waals surface area (Å²) in [6.45, 7) is 0.577. The molecule has 1 saturated heterocycles. The fourth-order valence-electron chi connectivity index (χ4n) is 3.30. The summed E-state index contributed by atoms with van der Waals surface area (Å²) in [5.74, 6) is 0.865. The van der Waals surface area contributed by atoms with Crippen molar-refractivity contribution in [1.29, 1.82) is 0 Å². The summed E-state index contributed by atoms with van der Waals surface area (Å²) in [5, 5.41) is 2.90. The fourth-order valence-corrected chi connectivity index (χ4v) is 3.30. The van der Waals surface area contributed by atoms with Gasteiger partial charge in [-0.05, 0) is 31.4 Å². The second kappa shape index (κ2) is 8.58. The van der Waals surface area contributed by atoms with Gasteiger partial charge in [-0.25, -0.2) is 0 Å². The van der Waals surface area contributed by atoms with Gasteiger partial charge in [-0.15, -0.1) is 0 Å². The average Bonchev–Trinajstić information content (AvgIpc) is 2.73. The van der Waals surface area contributed by atoms with Crippen LogP contribution < -0.4 is 14.8 Å². The first-order chi connectivity index (χ1) is 13.1. The standard InChI is InChI=1S/C21H24N2O4/c1-26-17-12-16(13-18(14-17)27-2)22-20(24)19-10-6-7-11-23(19)21(25)15-8-4-3-5-9-15/h3-5,8-9,12-14,19H,6-7,10-11H2,1-2H3,(H,22,24). The number of likely N-dealkylation sites (tertiary alicyclic amines) is 1. The number of ether oxygens (including phenoxy) is 2. The van der Waals surface area contributed by atoms with Crippen molar-refractivity contribution in [2.24, 2.45) is 0 Å². The molecule has 2 aromatic carbocycles. The Balaban J connectivity index is 1.79. The van der Waals surface area contributed by atoms with Gasteiger partial charge in [0.15, 0.2) is 0 Å². The van der Waals surface area contributed by atoms with Crippen LogP contribution in [0.15, 0.2) is 48.5 Å². The first-order valence-electron chi connectivity index (χ1n) is 9.02. The Bertz CT molecular complexity index is 785. The first-order valence-corrected chi connectivity index (χ1v) is 9.02. The molecule has 27 heavy (non-hydrogen) atoms. The zero-order chi connectivity index (χ0) is 19.2. The van der Waals surface area contributed by atoms with Crippen molar-refractivity contribution in [1.82, 2.24) is 4.90 Å². The van der Waals surface area contributed by atoms with Crippen molar-refractivity contribution < 1.29 is 19.1 Å². The number of methoxy groups -OCH3 is 2. The number of amides is 2. The lowest BCUT2D eigenvalue weighted by atomic mass is 10.00. The minimum absolute atomic E-state index is 0.112. The van der Waals surface area contributed by atoms with Crippen molar-refractivity contribution in [3.8, 4) is 11.5 Å². The molecule has 1 atom stereocenters. The van der Waals surface area contributed by atoms with Crippen molar-refractivity contribution in [2.45, 2.75) is 25.3 Å². The highest BCUT2D eigenvalue weighted by Crippen LogP contribution is 2.27.